The van der Waals surface area contributed by atoms with E-state index in [0.717, 1.165) is 32.1 Å². The summed E-state index contributed by atoms with van der Waals surface area (Å²) in [5.41, 5.74) is 0.000669. The molecule has 0 heterocycles. The van der Waals surface area contributed by atoms with Gasteiger partial charge in [-0.1, -0.05) is 34.1 Å². The van der Waals surface area contributed by atoms with Gasteiger partial charge in [-0.15, -0.1) is 0 Å². The third-order valence-electron chi connectivity index (χ3n) is 10.6. The first kappa shape index (κ1) is 20.0. The Bertz CT molecular complexity index is 739. The fraction of sp³-hybridized carbons (Fsp3) is 0.962. The Morgan fingerprint density at radius 3 is 2.40 bits per heavy atom. The van der Waals surface area contributed by atoms with Gasteiger partial charge in [-0.2, -0.15) is 0 Å². The third-order valence-corrected chi connectivity index (χ3v) is 10.6. The number of carboxylic acid groups (broad SMARTS) is 1. The first-order valence-corrected chi connectivity index (χ1v) is 12.4. The molecule has 4 nitrogen and oxygen atoms in total. The smallest absolute Gasteiger partial charge is 0.303 e. The van der Waals surface area contributed by atoms with E-state index in [1.165, 1.54) is 0 Å². The van der Waals surface area contributed by atoms with Crippen LogP contribution in [-0.4, -0.2) is 33.4 Å². The van der Waals surface area contributed by atoms with Gasteiger partial charge in [-0.3, -0.25) is 4.79 Å². The monoisotopic (exact) mass is 422 g/mol. The van der Waals surface area contributed by atoms with Crippen LogP contribution in [0.2, 0.25) is 0 Å². The maximum atomic E-state index is 11.9. The Morgan fingerprint density at radius 1 is 1.07 bits per heavy atom. The van der Waals surface area contributed by atoms with Gasteiger partial charge in [0.05, 0.1) is 14.9 Å². The molecule has 0 bridgehead atoms. The Morgan fingerprint density at radius 2 is 1.73 bits per heavy atom. The molecule has 0 spiro atoms. The van der Waals surface area contributed by atoms with E-state index in [0.29, 0.717) is 37.5 Å². The van der Waals surface area contributed by atoms with Crippen LogP contribution < -0.4 is 0 Å². The molecule has 0 aromatic rings. The molecule has 4 aliphatic carbocycles. The van der Waals surface area contributed by atoms with E-state index in [2.05, 4.69) is 27.7 Å². The molecule has 0 radical (unpaired) electrons. The highest BCUT2D eigenvalue weighted by Gasteiger charge is 2.64. The van der Waals surface area contributed by atoms with Gasteiger partial charge < -0.3 is 15.3 Å². The standard InChI is InChI=1S/C26H44O4/c1-5-17-21-14-16(27)10-12-26(21,4)20-11-13-25(3)18(15(2)6-9-22(28)29)7-8-19(25)23(20)24(17)30/h15-21,23-24,27,30H,5-14H2,1-4H3,(H,28,29)/t15-,16-,17-,18-,19+,20+,21+,23+,24-,25-,26-/m1/s1/i16D,24D. The first-order valence-electron chi connectivity index (χ1n) is 13.4. The summed E-state index contributed by atoms with van der Waals surface area (Å²) in [4.78, 5) is 11.1. The van der Waals surface area contributed by atoms with Crippen LogP contribution >= 0.6 is 0 Å². The highest BCUT2D eigenvalue weighted by molar-refractivity contribution is 5.66. The third kappa shape index (κ3) is 3.36. The molecular formula is C26H44O4. The lowest BCUT2D eigenvalue weighted by Crippen LogP contribution is -2.62. The number of aliphatic hydroxyl groups is 2. The van der Waals surface area contributed by atoms with Crippen molar-refractivity contribution in [2.24, 2.45) is 52.3 Å². The first-order chi connectivity index (χ1) is 14.8. The summed E-state index contributed by atoms with van der Waals surface area (Å²) in [6.07, 6.45) is 4.39. The number of fused-ring (bicyclic) bond motifs is 5. The van der Waals surface area contributed by atoms with E-state index in [-0.39, 0.29) is 46.8 Å². The lowest BCUT2D eigenvalue weighted by Gasteiger charge is -2.64. The topological polar surface area (TPSA) is 77.8 Å². The van der Waals surface area contributed by atoms with Crippen LogP contribution in [-0.2, 0) is 4.79 Å². The molecule has 0 amide bonds. The number of hydrogen-bond donors (Lipinski definition) is 3. The summed E-state index contributed by atoms with van der Waals surface area (Å²) in [6, 6.07) is 0. The molecule has 4 saturated carbocycles. The van der Waals surface area contributed by atoms with Gasteiger partial charge in [0.1, 0.15) is 0 Å². The molecule has 0 saturated heterocycles. The average molecular weight is 423 g/mol. The molecule has 172 valence electrons. The molecule has 11 atom stereocenters. The molecule has 0 aromatic heterocycles. The number of carboxylic acids is 1. The molecule has 4 fully saturated rings. The van der Waals surface area contributed by atoms with Crippen LogP contribution in [0.5, 0.6) is 0 Å². The van der Waals surface area contributed by atoms with Gasteiger partial charge in [0.2, 0.25) is 0 Å². The van der Waals surface area contributed by atoms with Crippen LogP contribution in [0.4, 0.5) is 0 Å². The van der Waals surface area contributed by atoms with E-state index < -0.39 is 18.1 Å². The van der Waals surface area contributed by atoms with Crippen LogP contribution in [0.15, 0.2) is 0 Å². The Balaban J connectivity index is 1.67. The van der Waals surface area contributed by atoms with E-state index in [1.807, 2.05) is 0 Å². The van der Waals surface area contributed by atoms with Gasteiger partial charge in [0.25, 0.3) is 0 Å². The summed E-state index contributed by atoms with van der Waals surface area (Å²) in [7, 11) is 0. The second-order valence-corrected chi connectivity index (χ2v) is 11.7. The number of carbonyl (C=O) groups is 1. The number of hydrogen-bond acceptors (Lipinski definition) is 3. The van der Waals surface area contributed by atoms with Crippen molar-refractivity contribution < 1.29 is 22.9 Å². The molecular weight excluding hydrogens is 376 g/mol. The van der Waals surface area contributed by atoms with E-state index >= 15 is 0 Å². The van der Waals surface area contributed by atoms with Crippen molar-refractivity contribution in [1.82, 2.24) is 0 Å². The van der Waals surface area contributed by atoms with Crippen molar-refractivity contribution >= 4 is 5.97 Å². The van der Waals surface area contributed by atoms with Crippen molar-refractivity contribution in [3.8, 4) is 0 Å². The molecule has 4 rings (SSSR count). The Kier molecular flexibility index (Phi) is 5.38. The molecule has 30 heavy (non-hydrogen) atoms. The minimum absolute atomic E-state index is 0.00328. The van der Waals surface area contributed by atoms with Crippen LogP contribution in [0.25, 0.3) is 0 Å². The normalized spacial score (nSPS) is 57.4. The summed E-state index contributed by atoms with van der Waals surface area (Å²) in [5.74, 6) is 0.271. The predicted octanol–water partition coefficient (Wildman–Crippen LogP) is 5.11. The van der Waals surface area contributed by atoms with Crippen molar-refractivity contribution in [3.63, 3.8) is 0 Å². The maximum absolute atomic E-state index is 11.9. The number of aliphatic carboxylic acids is 1. The van der Waals surface area contributed by atoms with Gasteiger partial charge in [0, 0.05) is 6.42 Å². The van der Waals surface area contributed by atoms with Crippen LogP contribution in [0, 0.1) is 52.3 Å². The highest BCUT2D eigenvalue weighted by atomic mass is 16.4. The SMILES string of the molecule is [2H][C@@]1(O)CC[C@]2(C)[C@H]3CC[C@]4(C)[C@@H]([C@H](C)CCC(=O)O)CC[C@H]4[C@@H]3[C@]([2H])(O)[C@H](CC)[C@@H]2C1. The van der Waals surface area contributed by atoms with Crippen molar-refractivity contribution in [3.05, 3.63) is 0 Å². The zero-order valence-electron chi connectivity index (χ0n) is 21.4. The molecule has 0 unspecified atom stereocenters. The number of rotatable bonds is 5. The van der Waals surface area contributed by atoms with Gasteiger partial charge in [0.15, 0.2) is 0 Å². The molecule has 0 aliphatic heterocycles. The van der Waals surface area contributed by atoms with Crippen molar-refractivity contribution in [2.75, 3.05) is 0 Å². The van der Waals surface area contributed by atoms with Gasteiger partial charge in [-0.25, -0.2) is 0 Å². The fourth-order valence-corrected chi connectivity index (χ4v) is 9.02. The second kappa shape index (κ2) is 8.06. The van der Waals surface area contributed by atoms with Gasteiger partial charge in [-0.05, 0) is 104 Å². The maximum Gasteiger partial charge on any atom is 0.303 e. The summed E-state index contributed by atoms with van der Waals surface area (Å²) < 4.78 is 17.7. The largest absolute Gasteiger partial charge is 0.481 e. The minimum Gasteiger partial charge on any atom is -0.481 e. The molecule has 4 heteroatoms. The van der Waals surface area contributed by atoms with Crippen LogP contribution in [0.1, 0.15) is 94.6 Å². The second-order valence-electron chi connectivity index (χ2n) is 11.7. The zero-order chi connectivity index (χ0) is 23.7. The fourth-order valence-electron chi connectivity index (χ4n) is 9.02. The zero-order valence-corrected chi connectivity index (χ0v) is 19.4. The molecule has 3 N–H and O–H groups in total. The predicted molar refractivity (Wildman–Crippen MR) is 118 cm³/mol. The summed E-state index contributed by atoms with van der Waals surface area (Å²) >= 11 is 0. The lowest BCUT2D eigenvalue weighted by atomic mass is 9.41. The van der Waals surface area contributed by atoms with Gasteiger partial charge >= 0.3 is 5.97 Å². The highest BCUT2D eigenvalue weighted by Crippen LogP contribution is 2.69. The average Bonchev–Trinajstić information content (AvgIpc) is 3.04. The van der Waals surface area contributed by atoms with Crippen molar-refractivity contribution in [2.45, 2.75) is 104 Å². The Labute approximate surface area is 185 Å². The lowest BCUT2D eigenvalue weighted by molar-refractivity contribution is -0.203. The van der Waals surface area contributed by atoms with E-state index in [1.54, 1.807) is 0 Å². The van der Waals surface area contributed by atoms with E-state index in [9.17, 15) is 16.4 Å². The molecule has 4 aliphatic rings. The van der Waals surface area contributed by atoms with Crippen molar-refractivity contribution in [1.29, 1.82) is 0 Å². The van der Waals surface area contributed by atoms with E-state index in [4.69, 9.17) is 6.48 Å². The summed E-state index contributed by atoms with van der Waals surface area (Å²) in [5, 5.41) is 31.6. The minimum atomic E-state index is -1.54. The van der Waals surface area contributed by atoms with Crippen LogP contribution in [0.3, 0.4) is 0 Å². The summed E-state index contributed by atoms with van der Waals surface area (Å²) in [6.45, 7) is 8.93. The quantitative estimate of drug-likeness (QED) is 0.575. The molecule has 0 aromatic carbocycles. The Hall–Kier alpha value is -0.610.